The summed E-state index contributed by atoms with van der Waals surface area (Å²) < 4.78 is 11.9. The van der Waals surface area contributed by atoms with Crippen molar-refractivity contribution < 1.29 is 14.1 Å². The van der Waals surface area contributed by atoms with Gasteiger partial charge in [0.2, 0.25) is 5.89 Å². The Hall–Kier alpha value is -2.94. The SMILES string of the molecule is CCOCCn1c(=O)[nH]c2cc(C(=O)N(CC)Cc3noc(C)n3)ccc21. The predicted octanol–water partition coefficient (Wildman–Crippen LogP) is 1.72. The van der Waals surface area contributed by atoms with Crippen LogP contribution in [0, 0.1) is 6.92 Å². The number of carbonyl (C=O) groups excluding carboxylic acids is 1. The fraction of sp³-hybridized carbons (Fsp3) is 0.444. The lowest BCUT2D eigenvalue weighted by atomic mass is 10.1. The van der Waals surface area contributed by atoms with E-state index in [0.717, 1.165) is 5.52 Å². The van der Waals surface area contributed by atoms with Gasteiger partial charge in [-0.1, -0.05) is 5.16 Å². The highest BCUT2D eigenvalue weighted by molar-refractivity contribution is 5.97. The Morgan fingerprint density at radius 1 is 1.37 bits per heavy atom. The van der Waals surface area contributed by atoms with Crippen molar-refractivity contribution in [2.75, 3.05) is 19.8 Å². The molecule has 0 saturated heterocycles. The van der Waals surface area contributed by atoms with Crippen LogP contribution in [0.1, 0.15) is 35.9 Å². The topological polar surface area (TPSA) is 106 Å². The van der Waals surface area contributed by atoms with Crippen molar-refractivity contribution in [1.82, 2.24) is 24.6 Å². The number of nitrogens with one attached hydrogen (secondary N) is 1. The first-order valence-corrected chi connectivity index (χ1v) is 8.92. The van der Waals surface area contributed by atoms with Gasteiger partial charge in [-0.05, 0) is 32.0 Å². The molecule has 0 aliphatic carbocycles. The number of hydrogen-bond donors (Lipinski definition) is 1. The lowest BCUT2D eigenvalue weighted by molar-refractivity contribution is 0.0747. The van der Waals surface area contributed by atoms with E-state index in [2.05, 4.69) is 15.1 Å². The maximum Gasteiger partial charge on any atom is 0.326 e. The smallest absolute Gasteiger partial charge is 0.326 e. The number of aromatic nitrogens is 4. The summed E-state index contributed by atoms with van der Waals surface area (Å²) in [5.41, 5.74) is 1.63. The summed E-state index contributed by atoms with van der Waals surface area (Å²) >= 11 is 0. The summed E-state index contributed by atoms with van der Waals surface area (Å²) in [6.07, 6.45) is 0. The van der Waals surface area contributed by atoms with Crippen LogP contribution in [0.2, 0.25) is 0 Å². The highest BCUT2D eigenvalue weighted by Crippen LogP contribution is 2.16. The van der Waals surface area contributed by atoms with E-state index in [4.69, 9.17) is 9.26 Å². The standard InChI is InChI=1S/C18H23N5O4/c1-4-22(11-16-19-12(3)27-21-16)17(24)13-6-7-15-14(10-13)20-18(25)23(15)8-9-26-5-2/h6-7,10H,4-5,8-9,11H2,1-3H3,(H,20,25). The van der Waals surface area contributed by atoms with Gasteiger partial charge >= 0.3 is 5.69 Å². The zero-order chi connectivity index (χ0) is 19.4. The Bertz CT molecular complexity index is 987. The Balaban J connectivity index is 1.83. The zero-order valence-electron chi connectivity index (χ0n) is 15.7. The first-order chi connectivity index (χ1) is 13.0. The van der Waals surface area contributed by atoms with Crippen molar-refractivity contribution in [3.05, 3.63) is 46.0 Å². The highest BCUT2D eigenvalue weighted by atomic mass is 16.5. The maximum absolute atomic E-state index is 12.9. The van der Waals surface area contributed by atoms with Crippen LogP contribution >= 0.6 is 0 Å². The molecule has 1 N–H and O–H groups in total. The van der Waals surface area contributed by atoms with Gasteiger partial charge in [-0.2, -0.15) is 4.98 Å². The minimum atomic E-state index is -0.219. The monoisotopic (exact) mass is 373 g/mol. The molecule has 2 aromatic heterocycles. The molecule has 0 unspecified atom stereocenters. The zero-order valence-corrected chi connectivity index (χ0v) is 15.7. The van der Waals surface area contributed by atoms with Crippen molar-refractivity contribution in [3.8, 4) is 0 Å². The van der Waals surface area contributed by atoms with Gasteiger partial charge in [0, 0.05) is 25.6 Å². The van der Waals surface area contributed by atoms with Gasteiger partial charge in [-0.3, -0.25) is 9.36 Å². The molecule has 0 saturated carbocycles. The fourth-order valence-electron chi connectivity index (χ4n) is 2.90. The van der Waals surface area contributed by atoms with E-state index < -0.39 is 0 Å². The van der Waals surface area contributed by atoms with Gasteiger partial charge in [-0.25, -0.2) is 4.79 Å². The molecule has 144 valence electrons. The average molecular weight is 373 g/mol. The van der Waals surface area contributed by atoms with E-state index >= 15 is 0 Å². The number of aryl methyl sites for hydroxylation is 1. The van der Waals surface area contributed by atoms with E-state index in [1.807, 2.05) is 13.8 Å². The minimum Gasteiger partial charge on any atom is -0.380 e. The summed E-state index contributed by atoms with van der Waals surface area (Å²) in [5.74, 6) is 0.755. The van der Waals surface area contributed by atoms with E-state index in [0.29, 0.717) is 49.1 Å². The molecule has 3 aromatic rings. The number of nitrogens with zero attached hydrogens (tertiary/aromatic N) is 4. The van der Waals surface area contributed by atoms with Crippen LogP contribution in [-0.4, -0.2) is 50.3 Å². The highest BCUT2D eigenvalue weighted by Gasteiger charge is 2.18. The molecule has 3 rings (SSSR count). The van der Waals surface area contributed by atoms with E-state index in [9.17, 15) is 9.59 Å². The third-order valence-electron chi connectivity index (χ3n) is 4.26. The Morgan fingerprint density at radius 2 is 2.19 bits per heavy atom. The number of aromatic amines is 1. The molecule has 0 bridgehead atoms. The largest absolute Gasteiger partial charge is 0.380 e. The third-order valence-corrected chi connectivity index (χ3v) is 4.26. The first-order valence-electron chi connectivity index (χ1n) is 8.92. The number of amides is 1. The second-order valence-electron chi connectivity index (χ2n) is 6.06. The quantitative estimate of drug-likeness (QED) is 0.603. The Morgan fingerprint density at radius 3 is 2.85 bits per heavy atom. The molecule has 0 fully saturated rings. The van der Waals surface area contributed by atoms with Gasteiger partial charge < -0.3 is 19.1 Å². The molecule has 9 nitrogen and oxygen atoms in total. The molecular formula is C18H23N5O4. The Kier molecular flexibility index (Phi) is 5.70. The molecule has 1 aromatic carbocycles. The molecule has 0 atom stereocenters. The van der Waals surface area contributed by atoms with Crippen molar-refractivity contribution in [2.24, 2.45) is 0 Å². The van der Waals surface area contributed by atoms with E-state index in [1.165, 1.54) is 0 Å². The molecule has 1 amide bonds. The number of imidazole rings is 1. The number of rotatable bonds is 8. The number of ether oxygens (including phenoxy) is 1. The van der Waals surface area contributed by atoms with Crippen LogP contribution in [0.5, 0.6) is 0 Å². The van der Waals surface area contributed by atoms with Crippen LogP contribution in [0.25, 0.3) is 11.0 Å². The predicted molar refractivity (Wildman–Crippen MR) is 98.5 cm³/mol. The molecule has 0 spiro atoms. The van der Waals surface area contributed by atoms with Gasteiger partial charge in [0.1, 0.15) is 0 Å². The van der Waals surface area contributed by atoms with E-state index in [-0.39, 0.29) is 18.1 Å². The van der Waals surface area contributed by atoms with Crippen molar-refractivity contribution in [2.45, 2.75) is 33.9 Å². The first kappa shape index (κ1) is 18.8. The summed E-state index contributed by atoms with van der Waals surface area (Å²) in [4.78, 5) is 33.6. The van der Waals surface area contributed by atoms with Crippen LogP contribution in [0.3, 0.4) is 0 Å². The molecule has 27 heavy (non-hydrogen) atoms. The van der Waals surface area contributed by atoms with Crippen LogP contribution in [-0.2, 0) is 17.8 Å². The Labute approximate surface area is 155 Å². The van der Waals surface area contributed by atoms with Gasteiger partial charge in [-0.15, -0.1) is 0 Å². The van der Waals surface area contributed by atoms with Gasteiger partial charge in [0.15, 0.2) is 5.82 Å². The van der Waals surface area contributed by atoms with Crippen LogP contribution in [0.4, 0.5) is 0 Å². The summed E-state index contributed by atoms with van der Waals surface area (Å²) in [5, 5.41) is 3.84. The molecule has 0 aliphatic heterocycles. The second kappa shape index (κ2) is 8.17. The summed E-state index contributed by atoms with van der Waals surface area (Å²) in [7, 11) is 0. The molecular weight excluding hydrogens is 350 g/mol. The molecule has 2 heterocycles. The normalized spacial score (nSPS) is 11.2. The third kappa shape index (κ3) is 4.08. The number of hydrogen-bond acceptors (Lipinski definition) is 6. The minimum absolute atomic E-state index is 0.162. The lowest BCUT2D eigenvalue weighted by Gasteiger charge is -2.19. The molecule has 0 radical (unpaired) electrons. The van der Waals surface area contributed by atoms with Crippen LogP contribution < -0.4 is 5.69 Å². The molecule has 0 aliphatic rings. The molecule has 9 heteroatoms. The van der Waals surface area contributed by atoms with Crippen molar-refractivity contribution in [1.29, 1.82) is 0 Å². The van der Waals surface area contributed by atoms with Crippen molar-refractivity contribution in [3.63, 3.8) is 0 Å². The summed E-state index contributed by atoms with van der Waals surface area (Å²) in [6.45, 7) is 7.77. The number of benzene rings is 1. The second-order valence-corrected chi connectivity index (χ2v) is 6.06. The van der Waals surface area contributed by atoms with Crippen LogP contribution in [0.15, 0.2) is 27.5 Å². The van der Waals surface area contributed by atoms with E-state index in [1.54, 1.807) is 34.6 Å². The number of fused-ring (bicyclic) bond motifs is 1. The number of H-pyrrole nitrogens is 1. The van der Waals surface area contributed by atoms with Gasteiger partial charge in [0.25, 0.3) is 5.91 Å². The average Bonchev–Trinajstić information content (AvgIpc) is 3.21. The lowest BCUT2D eigenvalue weighted by Crippen LogP contribution is -2.30. The van der Waals surface area contributed by atoms with Crippen molar-refractivity contribution >= 4 is 16.9 Å². The van der Waals surface area contributed by atoms with Gasteiger partial charge in [0.05, 0.1) is 30.7 Å². The maximum atomic E-state index is 12.9. The number of carbonyl (C=O) groups is 1. The fourth-order valence-corrected chi connectivity index (χ4v) is 2.90. The summed E-state index contributed by atoms with van der Waals surface area (Å²) in [6, 6.07) is 5.19.